The van der Waals surface area contributed by atoms with Crippen LogP contribution in [-0.4, -0.2) is 32.5 Å². The fraction of sp³-hybridized carbons (Fsp3) is 0.438. The summed E-state index contributed by atoms with van der Waals surface area (Å²) >= 11 is 0. The highest BCUT2D eigenvalue weighted by Gasteiger charge is 2.24. The first-order valence-corrected chi connectivity index (χ1v) is 7.88. The molecule has 1 aromatic carbocycles. The number of nitrogens with zero attached hydrogens (tertiary/aromatic N) is 3. The van der Waals surface area contributed by atoms with E-state index in [2.05, 4.69) is 20.7 Å². The molecule has 0 bridgehead atoms. The Bertz CT molecular complexity index is 643. The van der Waals surface area contributed by atoms with Crippen LogP contribution in [0.25, 0.3) is 0 Å². The Labute approximate surface area is 134 Å². The lowest BCUT2D eigenvalue weighted by molar-refractivity contribution is 0.222. The number of carbonyl (C=O) groups excluding carboxylic acids is 1. The zero-order chi connectivity index (χ0) is 16.1. The van der Waals surface area contributed by atoms with E-state index in [1.165, 1.54) is 6.33 Å². The smallest absolute Gasteiger partial charge is 0.315 e. The van der Waals surface area contributed by atoms with Crippen molar-refractivity contribution in [3.05, 3.63) is 48.0 Å². The number of nitrogens with one attached hydrogen (secondary N) is 2. The number of aryl methyl sites for hydroxylation is 1. The summed E-state index contributed by atoms with van der Waals surface area (Å²) < 4.78 is 1.83. The van der Waals surface area contributed by atoms with Crippen LogP contribution in [0.5, 0.6) is 0 Å². The van der Waals surface area contributed by atoms with Crippen molar-refractivity contribution in [1.82, 2.24) is 25.4 Å². The summed E-state index contributed by atoms with van der Waals surface area (Å²) in [7, 11) is 0. The number of amides is 2. The Morgan fingerprint density at radius 2 is 2.22 bits per heavy atom. The predicted molar refractivity (Wildman–Crippen MR) is 84.6 cm³/mol. The van der Waals surface area contributed by atoms with E-state index in [9.17, 15) is 9.90 Å². The van der Waals surface area contributed by atoms with Crippen LogP contribution < -0.4 is 10.6 Å². The fourth-order valence-electron chi connectivity index (χ4n) is 2.92. The van der Waals surface area contributed by atoms with E-state index in [1.807, 2.05) is 35.0 Å². The van der Waals surface area contributed by atoms with Crippen molar-refractivity contribution in [3.8, 4) is 0 Å². The third-order valence-electron chi connectivity index (χ3n) is 4.05. The molecule has 122 valence electrons. The second-order valence-corrected chi connectivity index (χ2v) is 5.63. The van der Waals surface area contributed by atoms with Crippen molar-refractivity contribution in [2.75, 3.05) is 6.61 Å². The fourth-order valence-corrected chi connectivity index (χ4v) is 2.92. The van der Waals surface area contributed by atoms with Crippen molar-refractivity contribution in [1.29, 1.82) is 0 Å². The van der Waals surface area contributed by atoms with Crippen LogP contribution in [0.1, 0.15) is 42.7 Å². The molecule has 0 saturated carbocycles. The molecule has 1 aromatic heterocycles. The van der Waals surface area contributed by atoms with Gasteiger partial charge < -0.3 is 15.7 Å². The Hall–Kier alpha value is -2.41. The molecule has 0 spiro atoms. The number of benzene rings is 1. The standard InChI is InChI=1S/C16H21N5O2/c22-10-8-13(12-5-2-1-3-6-12)19-16(23)20-14-7-4-9-21-15(14)17-11-18-21/h1-3,5-6,11,13-14,22H,4,7-10H2,(H2,19,20,23)/t13-,14?/m1/s1. The third-order valence-corrected chi connectivity index (χ3v) is 4.05. The summed E-state index contributed by atoms with van der Waals surface area (Å²) in [6.45, 7) is 0.851. The largest absolute Gasteiger partial charge is 0.396 e. The molecule has 1 aliphatic heterocycles. The molecule has 0 fully saturated rings. The summed E-state index contributed by atoms with van der Waals surface area (Å²) in [6, 6.07) is 9.05. The summed E-state index contributed by atoms with van der Waals surface area (Å²) in [5.41, 5.74) is 0.975. The number of carbonyl (C=O) groups is 1. The summed E-state index contributed by atoms with van der Waals surface area (Å²) in [5.74, 6) is 0.796. The van der Waals surface area contributed by atoms with Crippen molar-refractivity contribution >= 4 is 6.03 Å². The normalized spacial score (nSPS) is 18.0. The molecule has 2 amide bonds. The number of aliphatic hydroxyl groups excluding tert-OH is 1. The van der Waals surface area contributed by atoms with Gasteiger partial charge in [0.1, 0.15) is 12.2 Å². The molecule has 3 rings (SSSR count). The van der Waals surface area contributed by atoms with Gasteiger partial charge in [-0.2, -0.15) is 5.10 Å². The average molecular weight is 315 g/mol. The van der Waals surface area contributed by atoms with E-state index >= 15 is 0 Å². The molecule has 3 N–H and O–H groups in total. The maximum atomic E-state index is 12.3. The Morgan fingerprint density at radius 3 is 3.00 bits per heavy atom. The number of urea groups is 1. The molecule has 7 nitrogen and oxygen atoms in total. The van der Waals surface area contributed by atoms with Gasteiger partial charge in [-0.3, -0.25) is 0 Å². The Kier molecular flexibility index (Phi) is 4.87. The number of aliphatic hydroxyl groups is 1. The van der Waals surface area contributed by atoms with Gasteiger partial charge in [0.15, 0.2) is 0 Å². The van der Waals surface area contributed by atoms with E-state index in [1.54, 1.807) is 0 Å². The van der Waals surface area contributed by atoms with Gasteiger partial charge in [-0.05, 0) is 24.8 Å². The van der Waals surface area contributed by atoms with Crippen LogP contribution in [0.4, 0.5) is 4.79 Å². The van der Waals surface area contributed by atoms with Crippen molar-refractivity contribution in [2.24, 2.45) is 0 Å². The highest BCUT2D eigenvalue weighted by molar-refractivity contribution is 5.74. The highest BCUT2D eigenvalue weighted by Crippen LogP contribution is 2.22. The second kappa shape index (κ2) is 7.23. The Morgan fingerprint density at radius 1 is 1.39 bits per heavy atom. The minimum absolute atomic E-state index is 0.0115. The first kappa shape index (κ1) is 15.5. The van der Waals surface area contributed by atoms with Gasteiger partial charge in [-0.1, -0.05) is 30.3 Å². The lowest BCUT2D eigenvalue weighted by Crippen LogP contribution is -2.42. The van der Waals surface area contributed by atoms with Crippen LogP contribution in [0, 0.1) is 0 Å². The Balaban J connectivity index is 1.64. The predicted octanol–water partition coefficient (Wildman–Crippen LogP) is 1.54. The molecule has 1 unspecified atom stereocenters. The van der Waals surface area contributed by atoms with E-state index < -0.39 is 0 Å². The molecule has 0 aliphatic carbocycles. The van der Waals surface area contributed by atoms with E-state index in [-0.39, 0.29) is 24.7 Å². The van der Waals surface area contributed by atoms with Crippen LogP contribution in [0.3, 0.4) is 0 Å². The van der Waals surface area contributed by atoms with Gasteiger partial charge in [0, 0.05) is 13.2 Å². The van der Waals surface area contributed by atoms with E-state index in [0.29, 0.717) is 6.42 Å². The lowest BCUT2D eigenvalue weighted by atomic mass is 10.0. The van der Waals surface area contributed by atoms with Crippen LogP contribution in [0.2, 0.25) is 0 Å². The molecule has 1 aliphatic rings. The summed E-state index contributed by atoms with van der Waals surface area (Å²) in [6.07, 6.45) is 3.80. The molecule has 7 heteroatoms. The van der Waals surface area contributed by atoms with Crippen molar-refractivity contribution in [3.63, 3.8) is 0 Å². The monoisotopic (exact) mass is 315 g/mol. The number of fused-ring (bicyclic) bond motifs is 1. The van der Waals surface area contributed by atoms with Crippen molar-refractivity contribution in [2.45, 2.75) is 37.9 Å². The van der Waals surface area contributed by atoms with Gasteiger partial charge in [0.2, 0.25) is 0 Å². The van der Waals surface area contributed by atoms with Gasteiger partial charge in [-0.15, -0.1) is 0 Å². The quantitative estimate of drug-likeness (QED) is 0.780. The number of aromatic nitrogens is 3. The van der Waals surface area contributed by atoms with Crippen LogP contribution >= 0.6 is 0 Å². The molecule has 2 heterocycles. The number of hydrogen-bond acceptors (Lipinski definition) is 4. The van der Waals surface area contributed by atoms with E-state index in [4.69, 9.17) is 0 Å². The van der Waals surface area contributed by atoms with Gasteiger partial charge >= 0.3 is 6.03 Å². The molecular formula is C16H21N5O2. The minimum Gasteiger partial charge on any atom is -0.396 e. The molecule has 2 atom stereocenters. The SMILES string of the molecule is O=C(NC1CCCn2ncnc21)N[C@H](CCO)c1ccccc1. The minimum atomic E-state index is -0.256. The zero-order valence-electron chi connectivity index (χ0n) is 12.9. The maximum absolute atomic E-state index is 12.3. The second-order valence-electron chi connectivity index (χ2n) is 5.63. The molecule has 0 saturated heterocycles. The van der Waals surface area contributed by atoms with Crippen molar-refractivity contribution < 1.29 is 9.90 Å². The molecule has 2 aromatic rings. The highest BCUT2D eigenvalue weighted by atomic mass is 16.3. The topological polar surface area (TPSA) is 92.1 Å². The van der Waals surface area contributed by atoms with Gasteiger partial charge in [0.25, 0.3) is 0 Å². The summed E-state index contributed by atoms with van der Waals surface area (Å²) in [5, 5.41) is 19.3. The zero-order valence-corrected chi connectivity index (χ0v) is 12.9. The molecular weight excluding hydrogens is 294 g/mol. The number of rotatable bonds is 5. The summed E-state index contributed by atoms with van der Waals surface area (Å²) in [4.78, 5) is 16.6. The average Bonchev–Trinajstić information content (AvgIpc) is 3.05. The number of hydrogen-bond donors (Lipinski definition) is 3. The van der Waals surface area contributed by atoms with Crippen LogP contribution in [0.15, 0.2) is 36.7 Å². The van der Waals surface area contributed by atoms with E-state index in [0.717, 1.165) is 30.8 Å². The van der Waals surface area contributed by atoms with Crippen LogP contribution in [-0.2, 0) is 6.54 Å². The molecule has 23 heavy (non-hydrogen) atoms. The first-order valence-electron chi connectivity index (χ1n) is 7.88. The molecule has 0 radical (unpaired) electrons. The third kappa shape index (κ3) is 3.68. The van der Waals surface area contributed by atoms with Gasteiger partial charge in [-0.25, -0.2) is 14.5 Å². The van der Waals surface area contributed by atoms with Gasteiger partial charge in [0.05, 0.1) is 12.1 Å². The maximum Gasteiger partial charge on any atom is 0.315 e. The lowest BCUT2D eigenvalue weighted by Gasteiger charge is -2.25. The first-order chi connectivity index (χ1) is 11.3.